The maximum Gasteiger partial charge on any atom is 0.291 e. The maximum absolute atomic E-state index is 12.7. The number of nitrogens with zero attached hydrogens (tertiary/aromatic N) is 2. The van der Waals surface area contributed by atoms with Crippen molar-refractivity contribution in [1.29, 1.82) is 0 Å². The SMILES string of the molecule is CC(C)(O)/C(Cl)=C/c1ccc2c(c1)NC(=O)C(NC(=O)c1n[nH]c(Cc3ccccc3)n1)CO2. The molecule has 4 rings (SSSR count). The molecule has 1 atom stereocenters. The smallest absolute Gasteiger partial charge is 0.291 e. The molecule has 2 amide bonds. The van der Waals surface area contributed by atoms with Gasteiger partial charge in [-0.05, 0) is 43.2 Å². The van der Waals surface area contributed by atoms with Crippen molar-refractivity contribution in [2.24, 2.45) is 0 Å². The molecule has 0 bridgehead atoms. The number of aromatic nitrogens is 3. The fraction of sp³-hybridized carbons (Fsp3) is 0.250. The third-order valence-electron chi connectivity index (χ3n) is 5.12. The van der Waals surface area contributed by atoms with E-state index in [9.17, 15) is 14.7 Å². The molecule has 10 heteroatoms. The van der Waals surface area contributed by atoms with Crippen molar-refractivity contribution >= 4 is 35.2 Å². The molecular weight excluding hydrogens is 458 g/mol. The van der Waals surface area contributed by atoms with Gasteiger partial charge >= 0.3 is 0 Å². The van der Waals surface area contributed by atoms with Gasteiger partial charge in [0.2, 0.25) is 5.82 Å². The normalized spacial score (nSPS) is 16.2. The number of ether oxygens (including phenoxy) is 1. The summed E-state index contributed by atoms with van der Waals surface area (Å²) < 4.78 is 5.73. The molecule has 9 nitrogen and oxygen atoms in total. The number of hydrogen-bond donors (Lipinski definition) is 4. The zero-order valence-electron chi connectivity index (χ0n) is 18.6. The van der Waals surface area contributed by atoms with Crippen LogP contribution in [0.2, 0.25) is 0 Å². The summed E-state index contributed by atoms with van der Waals surface area (Å²) in [5, 5.41) is 22.4. The van der Waals surface area contributed by atoms with Crippen LogP contribution in [0.4, 0.5) is 5.69 Å². The van der Waals surface area contributed by atoms with Crippen molar-refractivity contribution in [3.63, 3.8) is 0 Å². The number of halogens is 1. The Hall–Kier alpha value is -3.69. The van der Waals surface area contributed by atoms with Gasteiger partial charge in [-0.2, -0.15) is 0 Å². The Bertz CT molecular complexity index is 1230. The molecule has 2 heterocycles. The summed E-state index contributed by atoms with van der Waals surface area (Å²) in [7, 11) is 0. The predicted molar refractivity (Wildman–Crippen MR) is 128 cm³/mol. The second-order valence-electron chi connectivity index (χ2n) is 8.40. The van der Waals surface area contributed by atoms with Gasteiger partial charge in [-0.1, -0.05) is 48.0 Å². The Morgan fingerprint density at radius 2 is 2.06 bits per heavy atom. The van der Waals surface area contributed by atoms with E-state index in [0.29, 0.717) is 29.2 Å². The minimum atomic E-state index is -1.19. The number of hydrogen-bond acceptors (Lipinski definition) is 6. The van der Waals surface area contributed by atoms with Crippen LogP contribution in [0.5, 0.6) is 5.75 Å². The summed E-state index contributed by atoms with van der Waals surface area (Å²) in [5.41, 5.74) is 0.936. The molecule has 1 aliphatic rings. The molecule has 4 N–H and O–H groups in total. The van der Waals surface area contributed by atoms with Crippen molar-refractivity contribution in [2.75, 3.05) is 11.9 Å². The minimum Gasteiger partial charge on any atom is -0.489 e. The number of amides is 2. The van der Waals surface area contributed by atoms with Crippen LogP contribution in [-0.2, 0) is 11.2 Å². The van der Waals surface area contributed by atoms with Gasteiger partial charge in [-0.25, -0.2) is 4.98 Å². The Morgan fingerprint density at radius 3 is 2.79 bits per heavy atom. The molecule has 1 aromatic heterocycles. The van der Waals surface area contributed by atoms with E-state index in [-0.39, 0.29) is 17.5 Å². The molecule has 34 heavy (non-hydrogen) atoms. The summed E-state index contributed by atoms with van der Waals surface area (Å²) >= 11 is 6.15. The standard InChI is InChI=1S/C24H24ClN5O4/c1-24(2,33)19(25)11-15-8-9-18-16(10-15)26-22(31)17(13-34-18)27-23(32)21-28-20(29-30-21)12-14-6-4-3-5-7-14/h3-11,17,33H,12-13H2,1-2H3,(H,26,31)(H,27,32)(H,28,29,30)/b19-11-. The van der Waals surface area contributed by atoms with Gasteiger partial charge in [0.1, 0.15) is 24.2 Å². The molecule has 1 unspecified atom stereocenters. The highest BCUT2D eigenvalue weighted by Crippen LogP contribution is 2.30. The summed E-state index contributed by atoms with van der Waals surface area (Å²) in [6.45, 7) is 3.09. The largest absolute Gasteiger partial charge is 0.489 e. The molecule has 3 aromatic rings. The number of fused-ring (bicyclic) bond motifs is 1. The van der Waals surface area contributed by atoms with Crippen LogP contribution in [-0.4, -0.2) is 50.4 Å². The average molecular weight is 482 g/mol. The molecule has 0 aliphatic carbocycles. The van der Waals surface area contributed by atoms with Crippen LogP contribution in [0.3, 0.4) is 0 Å². The number of aliphatic hydroxyl groups is 1. The van der Waals surface area contributed by atoms with Gasteiger partial charge < -0.3 is 20.5 Å². The fourth-order valence-corrected chi connectivity index (χ4v) is 3.37. The van der Waals surface area contributed by atoms with Crippen molar-refractivity contribution in [1.82, 2.24) is 20.5 Å². The Balaban J connectivity index is 1.42. The van der Waals surface area contributed by atoms with E-state index in [1.165, 1.54) is 0 Å². The fourth-order valence-electron chi connectivity index (χ4n) is 3.25. The average Bonchev–Trinajstić information content (AvgIpc) is 3.20. The van der Waals surface area contributed by atoms with E-state index in [2.05, 4.69) is 25.8 Å². The number of benzene rings is 2. The first kappa shape index (κ1) is 23.5. The Morgan fingerprint density at radius 1 is 1.29 bits per heavy atom. The molecule has 176 valence electrons. The zero-order chi connectivity index (χ0) is 24.3. The zero-order valence-corrected chi connectivity index (χ0v) is 19.4. The predicted octanol–water partition coefficient (Wildman–Crippen LogP) is 2.88. The van der Waals surface area contributed by atoms with E-state index < -0.39 is 23.5 Å². The van der Waals surface area contributed by atoms with Gasteiger partial charge in [0, 0.05) is 11.5 Å². The van der Waals surface area contributed by atoms with Gasteiger partial charge in [0.05, 0.1) is 11.3 Å². The molecule has 0 saturated carbocycles. The highest BCUT2D eigenvalue weighted by molar-refractivity contribution is 6.32. The van der Waals surface area contributed by atoms with Crippen molar-refractivity contribution in [3.05, 3.63) is 76.3 Å². The Kier molecular flexibility index (Phi) is 6.67. The van der Waals surface area contributed by atoms with Gasteiger partial charge in [-0.15, -0.1) is 5.10 Å². The molecular formula is C24H24ClN5O4. The number of nitrogens with one attached hydrogen (secondary N) is 3. The molecule has 0 radical (unpaired) electrons. The molecule has 0 fully saturated rings. The monoisotopic (exact) mass is 481 g/mol. The highest BCUT2D eigenvalue weighted by atomic mass is 35.5. The van der Waals surface area contributed by atoms with Gasteiger partial charge in [0.25, 0.3) is 11.8 Å². The highest BCUT2D eigenvalue weighted by Gasteiger charge is 2.28. The van der Waals surface area contributed by atoms with Crippen LogP contribution in [0.1, 0.15) is 41.4 Å². The first-order valence-corrected chi connectivity index (χ1v) is 11.0. The molecule has 0 spiro atoms. The summed E-state index contributed by atoms with van der Waals surface area (Å²) in [4.78, 5) is 29.6. The third-order valence-corrected chi connectivity index (χ3v) is 5.69. The first-order chi connectivity index (χ1) is 16.2. The van der Waals surface area contributed by atoms with Crippen molar-refractivity contribution in [3.8, 4) is 5.75 Å². The van der Waals surface area contributed by atoms with Crippen molar-refractivity contribution in [2.45, 2.75) is 31.9 Å². The molecule has 0 saturated heterocycles. The second-order valence-corrected chi connectivity index (χ2v) is 8.81. The lowest BCUT2D eigenvalue weighted by molar-refractivity contribution is -0.118. The summed E-state index contributed by atoms with van der Waals surface area (Å²) in [6, 6.07) is 13.8. The van der Waals surface area contributed by atoms with E-state index in [1.54, 1.807) is 38.1 Å². The van der Waals surface area contributed by atoms with Crippen LogP contribution in [0.15, 0.2) is 53.6 Å². The van der Waals surface area contributed by atoms with Crippen molar-refractivity contribution < 1.29 is 19.4 Å². The number of carbonyl (C=O) groups is 2. The third kappa shape index (κ3) is 5.62. The van der Waals surface area contributed by atoms with E-state index in [1.807, 2.05) is 30.3 Å². The van der Waals surface area contributed by atoms with Crippen LogP contribution < -0.4 is 15.4 Å². The molecule has 2 aromatic carbocycles. The van der Waals surface area contributed by atoms with Gasteiger partial charge in [0.15, 0.2) is 0 Å². The minimum absolute atomic E-state index is 0.0609. The van der Waals surface area contributed by atoms with Gasteiger partial charge in [-0.3, -0.25) is 14.7 Å². The van der Waals surface area contributed by atoms with E-state index >= 15 is 0 Å². The van der Waals surface area contributed by atoms with Crippen LogP contribution in [0.25, 0.3) is 6.08 Å². The Labute approximate surface area is 201 Å². The topological polar surface area (TPSA) is 129 Å². The lowest BCUT2D eigenvalue weighted by atomic mass is 10.1. The number of H-pyrrole nitrogens is 1. The quantitative estimate of drug-likeness (QED) is 0.428. The summed E-state index contributed by atoms with van der Waals surface area (Å²) in [6.07, 6.45) is 2.10. The number of carbonyl (C=O) groups excluding carboxylic acids is 2. The van der Waals surface area contributed by atoms with E-state index in [4.69, 9.17) is 16.3 Å². The van der Waals surface area contributed by atoms with Crippen LogP contribution in [0, 0.1) is 0 Å². The lowest BCUT2D eigenvalue weighted by Gasteiger charge is -2.16. The maximum atomic E-state index is 12.7. The first-order valence-electron chi connectivity index (χ1n) is 10.6. The number of anilines is 1. The van der Waals surface area contributed by atoms with Crippen LogP contribution >= 0.6 is 11.6 Å². The number of rotatable bonds is 6. The second kappa shape index (κ2) is 9.66. The lowest BCUT2D eigenvalue weighted by Crippen LogP contribution is -2.46. The summed E-state index contributed by atoms with van der Waals surface area (Å²) in [5.74, 6) is -0.109. The molecule has 1 aliphatic heterocycles. The number of aromatic amines is 1. The van der Waals surface area contributed by atoms with E-state index in [0.717, 1.165) is 5.56 Å².